The van der Waals surface area contributed by atoms with Crippen molar-refractivity contribution in [2.24, 2.45) is 5.92 Å². The van der Waals surface area contributed by atoms with Crippen molar-refractivity contribution in [2.45, 2.75) is 25.9 Å². The van der Waals surface area contributed by atoms with E-state index in [4.69, 9.17) is 10.5 Å². The minimum atomic E-state index is -0.486. The number of anilines is 1. The van der Waals surface area contributed by atoms with Crippen molar-refractivity contribution in [3.8, 4) is 5.75 Å². The van der Waals surface area contributed by atoms with Crippen molar-refractivity contribution >= 4 is 11.4 Å². The molecule has 6 nitrogen and oxygen atoms in total. The third kappa shape index (κ3) is 3.14. The lowest BCUT2D eigenvalue weighted by atomic mass is 9.99. The number of hydrogen-bond acceptors (Lipinski definition) is 5. The van der Waals surface area contributed by atoms with Gasteiger partial charge in [-0.2, -0.15) is 0 Å². The van der Waals surface area contributed by atoms with Crippen LogP contribution in [0.1, 0.15) is 19.8 Å². The number of hydrogen-bond donors (Lipinski definition) is 2. The second-order valence-electron chi connectivity index (χ2n) is 4.80. The van der Waals surface area contributed by atoms with Crippen LogP contribution in [0.2, 0.25) is 0 Å². The second kappa shape index (κ2) is 5.88. The molecule has 1 aromatic rings. The smallest absolute Gasteiger partial charge is 0.295 e. The van der Waals surface area contributed by atoms with E-state index in [-0.39, 0.29) is 17.5 Å². The van der Waals surface area contributed by atoms with Gasteiger partial charge in [0, 0.05) is 12.5 Å². The molecular formula is C13H19N3O3. The van der Waals surface area contributed by atoms with Gasteiger partial charge in [-0.15, -0.1) is 0 Å². The Morgan fingerprint density at radius 1 is 1.63 bits per heavy atom. The van der Waals surface area contributed by atoms with Crippen LogP contribution in [0.15, 0.2) is 18.2 Å². The summed E-state index contributed by atoms with van der Waals surface area (Å²) in [6.07, 6.45) is 2.04. The van der Waals surface area contributed by atoms with Crippen LogP contribution in [0.3, 0.4) is 0 Å². The largest absolute Gasteiger partial charge is 0.490 e. The van der Waals surface area contributed by atoms with E-state index >= 15 is 0 Å². The third-order valence-electron chi connectivity index (χ3n) is 3.51. The summed E-state index contributed by atoms with van der Waals surface area (Å²) < 4.78 is 5.89. The maximum Gasteiger partial charge on any atom is 0.295 e. The summed E-state index contributed by atoms with van der Waals surface area (Å²) in [5.74, 6) is 0.973. The summed E-state index contributed by atoms with van der Waals surface area (Å²) >= 11 is 0. The van der Waals surface area contributed by atoms with E-state index in [2.05, 4.69) is 12.2 Å². The van der Waals surface area contributed by atoms with E-state index in [0.29, 0.717) is 11.7 Å². The van der Waals surface area contributed by atoms with E-state index in [1.807, 2.05) is 0 Å². The van der Waals surface area contributed by atoms with Gasteiger partial charge in [-0.1, -0.05) is 6.92 Å². The van der Waals surface area contributed by atoms with Crippen molar-refractivity contribution in [3.05, 3.63) is 28.3 Å². The fourth-order valence-corrected chi connectivity index (χ4v) is 2.44. The highest BCUT2D eigenvalue weighted by atomic mass is 16.6. The van der Waals surface area contributed by atoms with Gasteiger partial charge >= 0.3 is 0 Å². The normalized spacial score (nSPS) is 20.2. The lowest BCUT2D eigenvalue weighted by Gasteiger charge is -2.23. The summed E-state index contributed by atoms with van der Waals surface area (Å²) in [7, 11) is 0. The van der Waals surface area contributed by atoms with Crippen LogP contribution in [0.5, 0.6) is 5.75 Å². The van der Waals surface area contributed by atoms with Gasteiger partial charge in [-0.05, 0) is 31.5 Å². The van der Waals surface area contributed by atoms with Gasteiger partial charge in [0.05, 0.1) is 11.0 Å². The molecular weight excluding hydrogens is 246 g/mol. The molecule has 1 saturated heterocycles. The lowest BCUT2D eigenvalue weighted by molar-refractivity contribution is -0.384. The predicted octanol–water partition coefficient (Wildman–Crippen LogP) is 1.94. The number of benzene rings is 1. The Bertz CT molecular complexity index is 458. The SMILES string of the molecule is CCC(Oc1ccc(N)c([N+](=O)[O-])c1)C1CCNC1. The van der Waals surface area contributed by atoms with E-state index in [0.717, 1.165) is 25.9 Å². The number of ether oxygens (including phenoxy) is 1. The molecule has 0 radical (unpaired) electrons. The van der Waals surface area contributed by atoms with E-state index < -0.39 is 4.92 Å². The summed E-state index contributed by atoms with van der Waals surface area (Å²) in [5, 5.41) is 14.1. The topological polar surface area (TPSA) is 90.4 Å². The summed E-state index contributed by atoms with van der Waals surface area (Å²) in [5.41, 5.74) is 5.63. The number of nitro benzene ring substituents is 1. The monoisotopic (exact) mass is 265 g/mol. The molecule has 1 fully saturated rings. The molecule has 2 atom stereocenters. The predicted molar refractivity (Wildman–Crippen MR) is 73.2 cm³/mol. The average Bonchev–Trinajstić information content (AvgIpc) is 2.91. The highest BCUT2D eigenvalue weighted by Gasteiger charge is 2.25. The second-order valence-corrected chi connectivity index (χ2v) is 4.80. The van der Waals surface area contributed by atoms with Crippen LogP contribution in [-0.2, 0) is 0 Å². The molecule has 1 aliphatic heterocycles. The molecule has 0 spiro atoms. The maximum absolute atomic E-state index is 10.8. The average molecular weight is 265 g/mol. The number of nitro groups is 1. The number of nitrogen functional groups attached to an aromatic ring is 1. The molecule has 0 aliphatic carbocycles. The molecule has 0 aromatic heterocycles. The van der Waals surface area contributed by atoms with E-state index in [1.54, 1.807) is 6.07 Å². The van der Waals surface area contributed by atoms with Gasteiger partial charge in [-0.3, -0.25) is 10.1 Å². The number of nitrogens with zero attached hydrogens (tertiary/aromatic N) is 1. The van der Waals surface area contributed by atoms with Crippen molar-refractivity contribution in [1.82, 2.24) is 5.32 Å². The fourth-order valence-electron chi connectivity index (χ4n) is 2.44. The van der Waals surface area contributed by atoms with Crippen LogP contribution in [0.25, 0.3) is 0 Å². The zero-order chi connectivity index (χ0) is 13.8. The molecule has 6 heteroatoms. The van der Waals surface area contributed by atoms with Crippen molar-refractivity contribution in [3.63, 3.8) is 0 Å². The Hall–Kier alpha value is -1.82. The molecule has 0 saturated carbocycles. The van der Waals surface area contributed by atoms with Gasteiger partial charge in [0.15, 0.2) is 0 Å². The Labute approximate surface area is 112 Å². The highest BCUT2D eigenvalue weighted by Crippen LogP contribution is 2.29. The Kier molecular flexibility index (Phi) is 4.21. The first kappa shape index (κ1) is 13.6. The fraction of sp³-hybridized carbons (Fsp3) is 0.538. The summed E-state index contributed by atoms with van der Waals surface area (Å²) in [6, 6.07) is 4.61. The molecule has 2 rings (SSSR count). The van der Waals surface area contributed by atoms with Gasteiger partial charge in [0.2, 0.25) is 0 Å². The van der Waals surface area contributed by atoms with Crippen LogP contribution < -0.4 is 15.8 Å². The van der Waals surface area contributed by atoms with E-state index in [9.17, 15) is 10.1 Å². The van der Waals surface area contributed by atoms with Crippen molar-refractivity contribution in [1.29, 1.82) is 0 Å². The van der Waals surface area contributed by atoms with Gasteiger partial charge in [0.1, 0.15) is 17.5 Å². The summed E-state index contributed by atoms with van der Waals surface area (Å²) in [6.45, 7) is 4.01. The standard InChI is InChI=1S/C13H19N3O3/c1-2-13(9-5-6-15-8-9)19-10-3-4-11(14)12(7-10)16(17)18/h3-4,7,9,13,15H,2,5-6,8,14H2,1H3. The Balaban J connectivity index is 2.12. The summed E-state index contributed by atoms with van der Waals surface area (Å²) in [4.78, 5) is 10.4. The first-order valence-electron chi connectivity index (χ1n) is 6.53. The van der Waals surface area contributed by atoms with Crippen LogP contribution in [0, 0.1) is 16.0 Å². The Morgan fingerprint density at radius 3 is 3.00 bits per heavy atom. The molecule has 3 N–H and O–H groups in total. The van der Waals surface area contributed by atoms with Crippen LogP contribution in [0.4, 0.5) is 11.4 Å². The zero-order valence-corrected chi connectivity index (χ0v) is 11.0. The maximum atomic E-state index is 10.8. The number of nitrogens with one attached hydrogen (secondary N) is 1. The highest BCUT2D eigenvalue weighted by molar-refractivity contribution is 5.60. The molecule has 0 bridgehead atoms. The minimum Gasteiger partial charge on any atom is -0.490 e. The van der Waals surface area contributed by atoms with Crippen molar-refractivity contribution in [2.75, 3.05) is 18.8 Å². The van der Waals surface area contributed by atoms with Gasteiger partial charge in [-0.25, -0.2) is 0 Å². The number of rotatable bonds is 5. The quantitative estimate of drug-likeness (QED) is 0.482. The minimum absolute atomic E-state index is 0.0817. The number of nitrogens with two attached hydrogens (primary N) is 1. The van der Waals surface area contributed by atoms with Gasteiger partial charge in [0.25, 0.3) is 5.69 Å². The first-order valence-corrected chi connectivity index (χ1v) is 6.53. The molecule has 2 unspecified atom stereocenters. The van der Waals surface area contributed by atoms with Gasteiger partial charge < -0.3 is 15.8 Å². The molecule has 0 amide bonds. The third-order valence-corrected chi connectivity index (χ3v) is 3.51. The molecule has 19 heavy (non-hydrogen) atoms. The first-order chi connectivity index (χ1) is 9.11. The molecule has 1 aliphatic rings. The zero-order valence-electron chi connectivity index (χ0n) is 11.0. The van der Waals surface area contributed by atoms with Crippen molar-refractivity contribution < 1.29 is 9.66 Å². The van der Waals surface area contributed by atoms with Crippen LogP contribution in [-0.4, -0.2) is 24.1 Å². The van der Waals surface area contributed by atoms with E-state index in [1.165, 1.54) is 12.1 Å². The molecule has 1 heterocycles. The Morgan fingerprint density at radius 2 is 2.42 bits per heavy atom. The van der Waals surface area contributed by atoms with Crippen LogP contribution >= 0.6 is 0 Å². The lowest BCUT2D eigenvalue weighted by Crippen LogP contribution is -2.28. The molecule has 104 valence electrons. The molecule has 1 aromatic carbocycles.